The number of hydrogen-bond donors (Lipinski definition) is 2. The lowest BCUT2D eigenvalue weighted by Gasteiger charge is -2.41. The molecule has 1 amide bonds. The van der Waals surface area contributed by atoms with Crippen molar-refractivity contribution >= 4 is 17.2 Å². The lowest BCUT2D eigenvalue weighted by atomic mass is 9.98. The molecule has 4 heterocycles. The van der Waals surface area contributed by atoms with Gasteiger partial charge in [0, 0.05) is 23.5 Å². The van der Waals surface area contributed by atoms with Crippen molar-refractivity contribution in [3.63, 3.8) is 0 Å². The smallest absolute Gasteiger partial charge is 0.272 e. The van der Waals surface area contributed by atoms with E-state index in [1.54, 1.807) is 11.3 Å². The highest BCUT2D eigenvalue weighted by Crippen LogP contribution is 2.26. The molecule has 6 nitrogen and oxygen atoms in total. The lowest BCUT2D eigenvalue weighted by molar-refractivity contribution is 0.0763. The van der Waals surface area contributed by atoms with E-state index >= 15 is 0 Å². The molecule has 2 aromatic rings. The first-order chi connectivity index (χ1) is 13.1. The minimum atomic E-state index is -0.0685. The molecule has 2 aromatic heterocycles. The molecule has 4 rings (SSSR count). The summed E-state index contributed by atoms with van der Waals surface area (Å²) in [6.07, 6.45) is 4.67. The van der Waals surface area contributed by atoms with Gasteiger partial charge < -0.3 is 10.2 Å². The summed E-state index contributed by atoms with van der Waals surface area (Å²) < 4.78 is 0. The molecule has 0 bridgehead atoms. The standard InChI is InChI=1S/C20H29N5OS/c1-14-5-6-19(27-14)17-12-18(23-22-17)20(26)21-15-4-3-9-25(13-15)16-7-10-24(2)11-8-16/h5-6,12,15-16H,3-4,7-11,13H2,1-2H3,(H,21,26)(H,22,23). The molecule has 2 aliphatic rings. The number of aryl methyl sites for hydroxylation is 1. The Balaban J connectivity index is 1.34. The molecule has 0 radical (unpaired) electrons. The Morgan fingerprint density at radius 3 is 2.81 bits per heavy atom. The minimum absolute atomic E-state index is 0.0685. The number of amides is 1. The van der Waals surface area contributed by atoms with E-state index in [4.69, 9.17) is 0 Å². The lowest BCUT2D eigenvalue weighted by Crippen LogP contribution is -2.53. The zero-order valence-electron chi connectivity index (χ0n) is 16.2. The number of rotatable bonds is 4. The summed E-state index contributed by atoms with van der Waals surface area (Å²) >= 11 is 1.70. The van der Waals surface area contributed by atoms with E-state index in [1.165, 1.54) is 30.8 Å². The Morgan fingerprint density at radius 2 is 2.07 bits per heavy atom. The molecule has 1 atom stereocenters. The van der Waals surface area contributed by atoms with Crippen molar-refractivity contribution in [2.45, 2.75) is 44.7 Å². The maximum Gasteiger partial charge on any atom is 0.272 e. The number of H-pyrrole nitrogens is 1. The van der Waals surface area contributed by atoms with E-state index in [0.717, 1.165) is 36.5 Å². The van der Waals surface area contributed by atoms with Gasteiger partial charge in [0.05, 0.1) is 10.6 Å². The fourth-order valence-corrected chi connectivity index (χ4v) is 5.05. The van der Waals surface area contributed by atoms with Gasteiger partial charge in [0.2, 0.25) is 0 Å². The van der Waals surface area contributed by atoms with Crippen molar-refractivity contribution < 1.29 is 4.79 Å². The molecule has 7 heteroatoms. The number of likely N-dealkylation sites (tertiary alicyclic amines) is 2. The molecule has 2 aliphatic heterocycles. The highest BCUT2D eigenvalue weighted by atomic mass is 32.1. The van der Waals surface area contributed by atoms with Gasteiger partial charge in [-0.15, -0.1) is 11.3 Å². The zero-order valence-corrected chi connectivity index (χ0v) is 17.0. The van der Waals surface area contributed by atoms with Crippen molar-refractivity contribution in [3.8, 4) is 10.6 Å². The van der Waals surface area contributed by atoms with Gasteiger partial charge >= 0.3 is 0 Å². The van der Waals surface area contributed by atoms with Gasteiger partial charge in [-0.3, -0.25) is 14.8 Å². The van der Waals surface area contributed by atoms with Crippen molar-refractivity contribution in [2.24, 2.45) is 0 Å². The number of thiophene rings is 1. The number of piperidine rings is 2. The molecule has 2 saturated heterocycles. The first kappa shape index (κ1) is 18.7. The molecule has 1 unspecified atom stereocenters. The number of nitrogens with one attached hydrogen (secondary N) is 2. The quantitative estimate of drug-likeness (QED) is 0.847. The highest BCUT2D eigenvalue weighted by molar-refractivity contribution is 7.15. The third-order valence-corrected chi connectivity index (χ3v) is 6.84. The van der Waals surface area contributed by atoms with Crippen LogP contribution in [-0.2, 0) is 0 Å². The van der Waals surface area contributed by atoms with Gasteiger partial charge in [0.15, 0.2) is 5.69 Å². The molecule has 27 heavy (non-hydrogen) atoms. The van der Waals surface area contributed by atoms with E-state index in [-0.39, 0.29) is 11.9 Å². The summed E-state index contributed by atoms with van der Waals surface area (Å²) in [6, 6.07) is 6.89. The average molecular weight is 388 g/mol. The van der Waals surface area contributed by atoms with Gasteiger partial charge in [-0.1, -0.05) is 0 Å². The molecule has 0 aromatic carbocycles. The highest BCUT2D eigenvalue weighted by Gasteiger charge is 2.29. The number of nitrogens with zero attached hydrogens (tertiary/aromatic N) is 3. The van der Waals surface area contributed by atoms with Crippen LogP contribution in [0.3, 0.4) is 0 Å². The summed E-state index contributed by atoms with van der Waals surface area (Å²) in [5.41, 5.74) is 1.39. The number of aromatic amines is 1. The van der Waals surface area contributed by atoms with Gasteiger partial charge in [0.25, 0.3) is 5.91 Å². The van der Waals surface area contributed by atoms with Gasteiger partial charge in [-0.25, -0.2) is 0 Å². The summed E-state index contributed by atoms with van der Waals surface area (Å²) in [5, 5.41) is 10.5. The van der Waals surface area contributed by atoms with Crippen LogP contribution in [0.4, 0.5) is 0 Å². The Morgan fingerprint density at radius 1 is 1.26 bits per heavy atom. The van der Waals surface area contributed by atoms with Crippen LogP contribution in [0.5, 0.6) is 0 Å². The van der Waals surface area contributed by atoms with Crippen LogP contribution in [0.1, 0.15) is 41.0 Å². The first-order valence-electron chi connectivity index (χ1n) is 9.94. The molecule has 2 fully saturated rings. The zero-order chi connectivity index (χ0) is 18.8. The molecule has 0 spiro atoms. The predicted molar refractivity (Wildman–Crippen MR) is 109 cm³/mol. The van der Waals surface area contributed by atoms with Gasteiger partial charge in [-0.05, 0) is 77.5 Å². The summed E-state index contributed by atoms with van der Waals surface area (Å²) in [5.74, 6) is -0.0685. The van der Waals surface area contributed by atoms with Crippen LogP contribution in [0, 0.1) is 6.92 Å². The monoisotopic (exact) mass is 387 g/mol. The van der Waals surface area contributed by atoms with E-state index < -0.39 is 0 Å². The topological polar surface area (TPSA) is 64.3 Å². The van der Waals surface area contributed by atoms with Crippen LogP contribution >= 0.6 is 11.3 Å². The fourth-order valence-electron chi connectivity index (χ4n) is 4.22. The van der Waals surface area contributed by atoms with Crippen LogP contribution in [-0.4, -0.2) is 71.2 Å². The number of carbonyl (C=O) groups is 1. The SMILES string of the molecule is Cc1ccc(-c2cc(C(=O)NC3CCCN(C4CCN(C)CC4)C3)n[nH]2)s1. The third kappa shape index (κ3) is 4.42. The molecule has 146 valence electrons. The van der Waals surface area contributed by atoms with Crippen molar-refractivity contribution in [2.75, 3.05) is 33.2 Å². The van der Waals surface area contributed by atoms with E-state index in [2.05, 4.69) is 51.4 Å². The van der Waals surface area contributed by atoms with Crippen molar-refractivity contribution in [1.29, 1.82) is 0 Å². The summed E-state index contributed by atoms with van der Waals surface area (Å²) in [7, 11) is 2.20. The second-order valence-electron chi connectivity index (χ2n) is 7.92. The third-order valence-electron chi connectivity index (χ3n) is 5.81. The molecule has 0 saturated carbocycles. The molecular formula is C20H29N5OS. The predicted octanol–water partition coefficient (Wildman–Crippen LogP) is 2.74. The Labute approximate surface area is 164 Å². The fraction of sp³-hybridized carbons (Fsp3) is 0.600. The van der Waals surface area contributed by atoms with Crippen molar-refractivity contribution in [3.05, 3.63) is 28.8 Å². The number of hydrogen-bond acceptors (Lipinski definition) is 5. The number of aromatic nitrogens is 2. The summed E-state index contributed by atoms with van der Waals surface area (Å²) in [4.78, 5) is 20.0. The van der Waals surface area contributed by atoms with Crippen molar-refractivity contribution in [1.82, 2.24) is 25.3 Å². The van der Waals surface area contributed by atoms with Crippen LogP contribution in [0.2, 0.25) is 0 Å². The molecule has 0 aliphatic carbocycles. The van der Waals surface area contributed by atoms with Gasteiger partial charge in [0.1, 0.15) is 0 Å². The maximum atomic E-state index is 12.7. The first-order valence-corrected chi connectivity index (χ1v) is 10.8. The summed E-state index contributed by atoms with van der Waals surface area (Å²) in [6.45, 7) is 6.55. The second kappa shape index (κ2) is 8.12. The number of carbonyl (C=O) groups excluding carboxylic acids is 1. The van der Waals surface area contributed by atoms with Gasteiger partial charge in [-0.2, -0.15) is 5.10 Å². The van der Waals surface area contributed by atoms with Crippen LogP contribution in [0.15, 0.2) is 18.2 Å². The Kier molecular flexibility index (Phi) is 5.61. The average Bonchev–Trinajstić information content (AvgIpc) is 3.31. The normalized spacial score (nSPS) is 22.8. The maximum absolute atomic E-state index is 12.7. The van der Waals surface area contributed by atoms with E-state index in [9.17, 15) is 4.79 Å². The minimum Gasteiger partial charge on any atom is -0.347 e. The van der Waals surface area contributed by atoms with E-state index in [0.29, 0.717) is 11.7 Å². The largest absolute Gasteiger partial charge is 0.347 e. The Bertz CT molecular complexity index is 777. The molecular weight excluding hydrogens is 358 g/mol. The Hall–Kier alpha value is -1.70. The van der Waals surface area contributed by atoms with E-state index in [1.807, 2.05) is 6.07 Å². The molecule has 2 N–H and O–H groups in total. The second-order valence-corrected chi connectivity index (χ2v) is 9.21. The van der Waals surface area contributed by atoms with Crippen LogP contribution < -0.4 is 5.32 Å². The van der Waals surface area contributed by atoms with Crippen LogP contribution in [0.25, 0.3) is 10.6 Å².